The van der Waals surface area contributed by atoms with Crippen LogP contribution in [0.2, 0.25) is 0 Å². The van der Waals surface area contributed by atoms with Gasteiger partial charge in [-0.2, -0.15) is 0 Å². The van der Waals surface area contributed by atoms with Crippen molar-refractivity contribution in [1.29, 1.82) is 0 Å². The highest BCUT2D eigenvalue weighted by molar-refractivity contribution is 5.97. The molecular formula is C21H28N2O5. The maximum Gasteiger partial charge on any atom is 0.308 e. The smallest absolute Gasteiger partial charge is 0.308 e. The lowest BCUT2D eigenvalue weighted by molar-refractivity contribution is -0.150. The number of hydrogen-bond acceptors (Lipinski definition) is 5. The minimum atomic E-state index is -0.847. The normalized spacial score (nSPS) is 16.7. The summed E-state index contributed by atoms with van der Waals surface area (Å²) in [5, 5.41) is 2.70. The summed E-state index contributed by atoms with van der Waals surface area (Å²) in [4.78, 5) is 38.2. The second kappa shape index (κ2) is 11.1. The van der Waals surface area contributed by atoms with Gasteiger partial charge in [-0.15, -0.1) is 0 Å². The Balaban J connectivity index is 1.99. The van der Waals surface area contributed by atoms with Crippen LogP contribution in [0.5, 0.6) is 5.75 Å². The zero-order chi connectivity index (χ0) is 20.4. The highest BCUT2D eigenvalue weighted by Gasteiger charge is 2.34. The third kappa shape index (κ3) is 6.40. The summed E-state index contributed by atoms with van der Waals surface area (Å²) < 4.78 is 10.5. The minimum Gasteiger partial charge on any atom is -0.494 e. The van der Waals surface area contributed by atoms with Crippen LogP contribution >= 0.6 is 0 Å². The molecule has 0 bridgehead atoms. The van der Waals surface area contributed by atoms with E-state index in [1.807, 2.05) is 38.1 Å². The number of rotatable bonds is 9. The molecule has 1 saturated heterocycles. The molecule has 2 rings (SSSR count). The fourth-order valence-electron chi connectivity index (χ4n) is 2.83. The van der Waals surface area contributed by atoms with E-state index in [1.165, 1.54) is 11.0 Å². The van der Waals surface area contributed by atoms with Gasteiger partial charge >= 0.3 is 5.97 Å². The molecule has 1 aliphatic rings. The van der Waals surface area contributed by atoms with Crippen LogP contribution in [-0.2, 0) is 19.1 Å². The first-order valence-corrected chi connectivity index (χ1v) is 9.70. The Morgan fingerprint density at radius 2 is 2.00 bits per heavy atom. The molecule has 1 aromatic carbocycles. The van der Waals surface area contributed by atoms with Crippen molar-refractivity contribution >= 4 is 23.9 Å². The molecule has 0 radical (unpaired) electrons. The average Bonchev–Trinajstić information content (AvgIpc) is 2.69. The Labute approximate surface area is 165 Å². The molecule has 1 N–H and O–H groups in total. The zero-order valence-electron chi connectivity index (χ0n) is 16.5. The molecule has 1 heterocycles. The van der Waals surface area contributed by atoms with Gasteiger partial charge in [0.1, 0.15) is 11.8 Å². The van der Waals surface area contributed by atoms with Crippen molar-refractivity contribution < 1.29 is 23.9 Å². The van der Waals surface area contributed by atoms with Gasteiger partial charge in [0.05, 0.1) is 19.6 Å². The van der Waals surface area contributed by atoms with E-state index in [0.29, 0.717) is 26.3 Å². The van der Waals surface area contributed by atoms with Gasteiger partial charge in [-0.05, 0) is 37.1 Å². The number of nitrogens with zero attached hydrogens (tertiary/aromatic N) is 1. The number of hydrogen-bond donors (Lipinski definition) is 1. The first kappa shape index (κ1) is 21.5. The predicted molar refractivity (Wildman–Crippen MR) is 106 cm³/mol. The van der Waals surface area contributed by atoms with Crippen LogP contribution in [-0.4, -0.2) is 55.0 Å². The Morgan fingerprint density at radius 3 is 2.68 bits per heavy atom. The summed E-state index contributed by atoms with van der Waals surface area (Å²) >= 11 is 0. The van der Waals surface area contributed by atoms with Gasteiger partial charge < -0.3 is 19.7 Å². The number of amides is 2. The first-order valence-electron chi connectivity index (χ1n) is 9.70. The number of unbranched alkanes of at least 4 members (excludes halogenated alkanes) is 1. The quantitative estimate of drug-likeness (QED) is 0.398. The molecule has 28 heavy (non-hydrogen) atoms. The van der Waals surface area contributed by atoms with Crippen molar-refractivity contribution in [3.63, 3.8) is 0 Å². The summed E-state index contributed by atoms with van der Waals surface area (Å²) in [5.41, 5.74) is 0.841. The maximum absolute atomic E-state index is 12.6. The van der Waals surface area contributed by atoms with Gasteiger partial charge in [0.25, 0.3) is 0 Å². The number of esters is 1. The third-order valence-corrected chi connectivity index (χ3v) is 4.34. The Kier molecular flexibility index (Phi) is 8.52. The lowest BCUT2D eigenvalue weighted by Gasteiger charge is -2.33. The molecule has 0 spiro atoms. The van der Waals surface area contributed by atoms with Crippen molar-refractivity contribution in [3.8, 4) is 5.75 Å². The van der Waals surface area contributed by atoms with Gasteiger partial charge in [-0.1, -0.05) is 25.5 Å². The third-order valence-electron chi connectivity index (χ3n) is 4.34. The lowest BCUT2D eigenvalue weighted by atomic mass is 10.1. The molecular weight excluding hydrogens is 360 g/mol. The van der Waals surface area contributed by atoms with Crippen molar-refractivity contribution in [2.24, 2.45) is 0 Å². The van der Waals surface area contributed by atoms with Crippen LogP contribution < -0.4 is 10.1 Å². The van der Waals surface area contributed by atoms with E-state index in [0.717, 1.165) is 24.2 Å². The molecule has 1 fully saturated rings. The Bertz CT molecular complexity index is 699. The number of carbonyl (C=O) groups excluding carboxylic acids is 3. The summed E-state index contributed by atoms with van der Waals surface area (Å²) in [6.45, 7) is 5.55. The summed E-state index contributed by atoms with van der Waals surface area (Å²) in [7, 11) is 0. The largest absolute Gasteiger partial charge is 0.494 e. The monoisotopic (exact) mass is 388 g/mol. The van der Waals surface area contributed by atoms with Crippen LogP contribution in [0.25, 0.3) is 6.08 Å². The van der Waals surface area contributed by atoms with Crippen LogP contribution in [0.1, 0.15) is 38.7 Å². The summed E-state index contributed by atoms with van der Waals surface area (Å²) in [6, 6.07) is 6.51. The van der Waals surface area contributed by atoms with E-state index in [9.17, 15) is 14.4 Å². The molecule has 7 nitrogen and oxygen atoms in total. The SMILES string of the molecule is CCCCOC(=O)CC1C(=O)NCCN1C(=O)/C=C/c1ccc(OCC)cc1. The summed E-state index contributed by atoms with van der Waals surface area (Å²) in [5.74, 6) is -0.347. The van der Waals surface area contributed by atoms with E-state index < -0.39 is 12.0 Å². The number of benzene rings is 1. The fraction of sp³-hybridized carbons (Fsp3) is 0.476. The average molecular weight is 388 g/mol. The van der Waals surface area contributed by atoms with E-state index in [2.05, 4.69) is 5.32 Å². The van der Waals surface area contributed by atoms with Crippen molar-refractivity contribution in [1.82, 2.24) is 10.2 Å². The highest BCUT2D eigenvalue weighted by Crippen LogP contribution is 2.15. The molecule has 1 atom stereocenters. The van der Waals surface area contributed by atoms with E-state index >= 15 is 0 Å². The number of ether oxygens (including phenoxy) is 2. The van der Waals surface area contributed by atoms with Crippen LogP contribution in [0, 0.1) is 0 Å². The van der Waals surface area contributed by atoms with E-state index in [4.69, 9.17) is 9.47 Å². The van der Waals surface area contributed by atoms with Gasteiger partial charge in [-0.3, -0.25) is 14.4 Å². The molecule has 152 valence electrons. The molecule has 0 saturated carbocycles. The van der Waals surface area contributed by atoms with Gasteiger partial charge in [0.15, 0.2) is 0 Å². The molecule has 1 unspecified atom stereocenters. The zero-order valence-corrected chi connectivity index (χ0v) is 16.5. The lowest BCUT2D eigenvalue weighted by Crippen LogP contribution is -2.57. The van der Waals surface area contributed by atoms with Crippen molar-refractivity contribution in [3.05, 3.63) is 35.9 Å². The maximum atomic E-state index is 12.6. The first-order chi connectivity index (χ1) is 13.5. The number of nitrogens with one attached hydrogen (secondary N) is 1. The second-order valence-corrected chi connectivity index (χ2v) is 6.45. The van der Waals surface area contributed by atoms with E-state index in [1.54, 1.807) is 6.08 Å². The Hall–Kier alpha value is -2.83. The van der Waals surface area contributed by atoms with Gasteiger partial charge in [0.2, 0.25) is 11.8 Å². The highest BCUT2D eigenvalue weighted by atomic mass is 16.5. The molecule has 1 aliphatic heterocycles. The van der Waals surface area contributed by atoms with Crippen molar-refractivity contribution in [2.45, 2.75) is 39.2 Å². The van der Waals surface area contributed by atoms with Crippen LogP contribution in [0.3, 0.4) is 0 Å². The van der Waals surface area contributed by atoms with Crippen LogP contribution in [0.4, 0.5) is 0 Å². The number of carbonyl (C=O) groups is 3. The molecule has 0 aliphatic carbocycles. The van der Waals surface area contributed by atoms with E-state index in [-0.39, 0.29) is 18.2 Å². The molecule has 7 heteroatoms. The van der Waals surface area contributed by atoms with Gasteiger partial charge in [-0.25, -0.2) is 0 Å². The Morgan fingerprint density at radius 1 is 1.25 bits per heavy atom. The summed E-state index contributed by atoms with van der Waals surface area (Å²) in [6.07, 6.45) is 4.65. The molecule has 1 aromatic rings. The fourth-order valence-corrected chi connectivity index (χ4v) is 2.83. The standard InChI is InChI=1S/C21H28N2O5/c1-3-5-14-28-20(25)15-18-21(26)22-12-13-23(18)19(24)11-8-16-6-9-17(10-7-16)27-4-2/h6-11,18H,3-5,12-15H2,1-2H3,(H,22,26)/b11-8+. The minimum absolute atomic E-state index is 0.141. The van der Waals surface area contributed by atoms with Gasteiger partial charge in [0, 0.05) is 19.2 Å². The number of piperazine rings is 1. The molecule has 0 aromatic heterocycles. The molecule has 2 amide bonds. The van der Waals surface area contributed by atoms with Crippen LogP contribution in [0.15, 0.2) is 30.3 Å². The van der Waals surface area contributed by atoms with Crippen molar-refractivity contribution in [2.75, 3.05) is 26.3 Å². The predicted octanol–water partition coefficient (Wildman–Crippen LogP) is 2.16. The second-order valence-electron chi connectivity index (χ2n) is 6.45. The topological polar surface area (TPSA) is 84.9 Å².